The molecule has 8 heteroatoms. The minimum absolute atomic E-state index is 0.0742. The SMILES string of the molecule is CN(C)CCCCCN(C)C.CN(C)CCN(CCN(C)C)C(=O)CC(c1ccccc1)c1ccccc1.O=C(O)CC(c1ccccc1)c1ccccc1. The van der Waals surface area contributed by atoms with Crippen molar-refractivity contribution in [2.75, 3.05) is 95.6 Å². The molecule has 0 heterocycles. The van der Waals surface area contributed by atoms with Gasteiger partial charge in [0.2, 0.25) is 5.91 Å². The van der Waals surface area contributed by atoms with E-state index in [9.17, 15) is 9.59 Å². The van der Waals surface area contributed by atoms with Crippen LogP contribution in [-0.2, 0) is 9.59 Å². The molecule has 0 bridgehead atoms. The highest BCUT2D eigenvalue weighted by Gasteiger charge is 2.22. The number of amides is 1. The van der Waals surface area contributed by atoms with E-state index < -0.39 is 5.97 Å². The molecule has 0 fully saturated rings. The third-order valence-electron chi connectivity index (χ3n) is 9.26. The van der Waals surface area contributed by atoms with Crippen molar-refractivity contribution in [3.05, 3.63) is 144 Å². The summed E-state index contributed by atoms with van der Waals surface area (Å²) in [5, 5.41) is 9.01. The molecule has 8 nitrogen and oxygen atoms in total. The number of carboxylic acid groups (broad SMARTS) is 1. The first kappa shape index (κ1) is 46.8. The van der Waals surface area contributed by atoms with Gasteiger partial charge >= 0.3 is 5.97 Å². The van der Waals surface area contributed by atoms with Crippen LogP contribution in [0.15, 0.2) is 121 Å². The van der Waals surface area contributed by atoms with Gasteiger partial charge in [0.25, 0.3) is 0 Å². The molecule has 0 aliphatic heterocycles. The van der Waals surface area contributed by atoms with Crippen molar-refractivity contribution >= 4 is 11.9 Å². The van der Waals surface area contributed by atoms with Gasteiger partial charge in [-0.25, -0.2) is 0 Å². The minimum Gasteiger partial charge on any atom is -0.481 e. The van der Waals surface area contributed by atoms with Gasteiger partial charge < -0.3 is 29.6 Å². The van der Waals surface area contributed by atoms with E-state index in [0.717, 1.165) is 37.3 Å². The lowest BCUT2D eigenvalue weighted by atomic mass is 9.88. The van der Waals surface area contributed by atoms with Crippen LogP contribution < -0.4 is 0 Å². The van der Waals surface area contributed by atoms with E-state index >= 15 is 0 Å². The van der Waals surface area contributed by atoms with Crippen molar-refractivity contribution in [2.24, 2.45) is 0 Å². The molecule has 1 N–H and O–H groups in total. The largest absolute Gasteiger partial charge is 0.481 e. The number of nitrogens with zero attached hydrogens (tertiary/aromatic N) is 5. The average molecular weight is 752 g/mol. The lowest BCUT2D eigenvalue weighted by Crippen LogP contribution is -2.41. The van der Waals surface area contributed by atoms with E-state index in [0.29, 0.717) is 6.42 Å². The third-order valence-corrected chi connectivity index (χ3v) is 9.26. The van der Waals surface area contributed by atoms with Crippen molar-refractivity contribution in [1.82, 2.24) is 24.5 Å². The van der Waals surface area contributed by atoms with Gasteiger partial charge in [-0.1, -0.05) is 128 Å². The molecular weight excluding hydrogens is 683 g/mol. The normalized spacial score (nSPS) is 11.1. The molecule has 0 saturated heterocycles. The second-order valence-electron chi connectivity index (χ2n) is 15.2. The molecule has 0 aliphatic rings. The number of carbonyl (C=O) groups is 2. The number of rotatable bonds is 20. The molecule has 0 aliphatic carbocycles. The second kappa shape index (κ2) is 27.3. The lowest BCUT2D eigenvalue weighted by molar-refractivity contribution is -0.137. The molecule has 0 saturated carbocycles. The van der Waals surface area contributed by atoms with Gasteiger partial charge in [-0.3, -0.25) is 9.59 Å². The Morgan fingerprint density at radius 3 is 0.982 bits per heavy atom. The molecule has 4 aromatic rings. The van der Waals surface area contributed by atoms with Crippen LogP contribution in [0.4, 0.5) is 0 Å². The van der Waals surface area contributed by atoms with Gasteiger partial charge in [0, 0.05) is 44.4 Å². The zero-order valence-corrected chi connectivity index (χ0v) is 35.0. The molecule has 4 aromatic carbocycles. The maximum Gasteiger partial charge on any atom is 0.304 e. The molecule has 0 spiro atoms. The Kier molecular flexibility index (Phi) is 23.2. The quantitative estimate of drug-likeness (QED) is 0.0928. The van der Waals surface area contributed by atoms with Gasteiger partial charge in [-0.2, -0.15) is 0 Å². The molecule has 55 heavy (non-hydrogen) atoms. The van der Waals surface area contributed by atoms with Crippen LogP contribution in [0.5, 0.6) is 0 Å². The van der Waals surface area contributed by atoms with Gasteiger partial charge in [0.05, 0.1) is 6.42 Å². The first-order valence-electron chi connectivity index (χ1n) is 19.7. The van der Waals surface area contributed by atoms with E-state index in [-0.39, 0.29) is 24.2 Å². The fourth-order valence-electron chi connectivity index (χ4n) is 6.11. The molecule has 0 aromatic heterocycles. The summed E-state index contributed by atoms with van der Waals surface area (Å²) in [6, 6.07) is 40.2. The van der Waals surface area contributed by atoms with Crippen molar-refractivity contribution in [1.29, 1.82) is 0 Å². The Morgan fingerprint density at radius 1 is 0.418 bits per heavy atom. The van der Waals surface area contributed by atoms with Gasteiger partial charge in [0.1, 0.15) is 0 Å². The Balaban J connectivity index is 0.000000318. The zero-order valence-electron chi connectivity index (χ0n) is 35.0. The molecule has 1 amide bonds. The van der Waals surface area contributed by atoms with Crippen LogP contribution in [0.3, 0.4) is 0 Å². The highest BCUT2D eigenvalue weighted by atomic mass is 16.4. The van der Waals surface area contributed by atoms with Gasteiger partial charge in [0.15, 0.2) is 0 Å². The molecular formula is C47H69N5O3. The van der Waals surface area contributed by atoms with Crippen molar-refractivity contribution < 1.29 is 14.7 Å². The van der Waals surface area contributed by atoms with Crippen molar-refractivity contribution in [3.63, 3.8) is 0 Å². The first-order valence-corrected chi connectivity index (χ1v) is 19.7. The Bertz CT molecular complexity index is 1450. The Morgan fingerprint density at radius 2 is 0.709 bits per heavy atom. The van der Waals surface area contributed by atoms with Crippen LogP contribution in [0.2, 0.25) is 0 Å². The summed E-state index contributed by atoms with van der Waals surface area (Å²) in [5.41, 5.74) is 4.47. The highest BCUT2D eigenvalue weighted by Crippen LogP contribution is 2.29. The number of hydrogen-bond acceptors (Lipinski definition) is 6. The van der Waals surface area contributed by atoms with Gasteiger partial charge in [-0.15, -0.1) is 0 Å². The Labute approximate surface area is 333 Å². The predicted molar refractivity (Wildman–Crippen MR) is 231 cm³/mol. The number of likely N-dealkylation sites (N-methyl/N-ethyl adjacent to an activating group) is 2. The van der Waals surface area contributed by atoms with E-state index in [4.69, 9.17) is 5.11 Å². The third kappa shape index (κ3) is 20.8. The summed E-state index contributed by atoms with van der Waals surface area (Å²) in [6.07, 6.45) is 4.64. The van der Waals surface area contributed by atoms with Crippen LogP contribution in [0.1, 0.15) is 66.2 Å². The molecule has 0 unspecified atom stereocenters. The van der Waals surface area contributed by atoms with Crippen LogP contribution in [0.25, 0.3) is 0 Å². The van der Waals surface area contributed by atoms with Crippen LogP contribution in [0, 0.1) is 0 Å². The van der Waals surface area contributed by atoms with Crippen molar-refractivity contribution in [3.8, 4) is 0 Å². The maximum absolute atomic E-state index is 13.2. The topological polar surface area (TPSA) is 70.6 Å². The smallest absolute Gasteiger partial charge is 0.304 e. The number of aliphatic carboxylic acids is 1. The maximum atomic E-state index is 13.2. The molecule has 300 valence electrons. The minimum atomic E-state index is -0.775. The molecule has 0 atom stereocenters. The summed E-state index contributed by atoms with van der Waals surface area (Å²) in [5.74, 6) is -0.546. The Hall–Kier alpha value is -4.34. The number of unbranched alkanes of at least 4 members (excludes halogenated alkanes) is 2. The summed E-state index contributed by atoms with van der Waals surface area (Å²) in [4.78, 5) is 34.9. The standard InChI is InChI=1S/C23H33N3O.C15H14O2.C9H22N2/c1-24(2)15-17-26(18-16-25(3)4)23(27)19-22(20-11-7-5-8-12-20)21-13-9-6-10-14-21;16-15(17)11-14(12-7-3-1-4-8-12)13-9-5-2-6-10-13;1-10(2)8-6-5-7-9-11(3)4/h5-14,22H,15-19H2,1-4H3;1-10,14H,11H2,(H,16,17);5-9H2,1-4H3. The second-order valence-corrected chi connectivity index (χ2v) is 15.2. The fourth-order valence-corrected chi connectivity index (χ4v) is 6.11. The fraction of sp³-hybridized carbons (Fsp3) is 0.447. The summed E-state index contributed by atoms with van der Waals surface area (Å²) in [6.45, 7) is 5.73. The molecule has 0 radical (unpaired) electrons. The van der Waals surface area contributed by atoms with E-state index in [1.54, 1.807) is 0 Å². The summed E-state index contributed by atoms with van der Waals surface area (Å²) < 4.78 is 0. The zero-order chi connectivity index (χ0) is 40.4. The van der Waals surface area contributed by atoms with Crippen LogP contribution >= 0.6 is 0 Å². The lowest BCUT2D eigenvalue weighted by Gasteiger charge is -2.28. The number of benzene rings is 4. The summed E-state index contributed by atoms with van der Waals surface area (Å²) >= 11 is 0. The number of carboxylic acids is 1. The monoisotopic (exact) mass is 752 g/mol. The molecule has 4 rings (SSSR count). The van der Waals surface area contributed by atoms with Gasteiger partial charge in [-0.05, 0) is 105 Å². The number of hydrogen-bond donors (Lipinski definition) is 1. The first-order chi connectivity index (χ1) is 26.4. The number of carbonyl (C=O) groups excluding carboxylic acids is 1. The highest BCUT2D eigenvalue weighted by molar-refractivity contribution is 5.78. The van der Waals surface area contributed by atoms with Crippen molar-refractivity contribution in [2.45, 2.75) is 43.9 Å². The van der Waals surface area contributed by atoms with E-state index in [1.165, 1.54) is 43.5 Å². The average Bonchev–Trinajstić information content (AvgIpc) is 3.17. The van der Waals surface area contributed by atoms with E-state index in [1.807, 2.05) is 130 Å². The van der Waals surface area contributed by atoms with E-state index in [2.05, 4.69) is 72.1 Å². The summed E-state index contributed by atoms with van der Waals surface area (Å²) in [7, 11) is 16.7. The predicted octanol–water partition coefficient (Wildman–Crippen LogP) is 7.73. The van der Waals surface area contributed by atoms with Crippen LogP contribution in [-0.4, -0.2) is 137 Å².